The van der Waals surface area contributed by atoms with E-state index in [4.69, 9.17) is 4.42 Å². The van der Waals surface area contributed by atoms with Gasteiger partial charge in [0, 0.05) is 22.3 Å². The molecular formula is C20H13NOS. The molecule has 2 aromatic heterocycles. The van der Waals surface area contributed by atoms with E-state index in [9.17, 15) is 0 Å². The van der Waals surface area contributed by atoms with E-state index in [2.05, 4.69) is 60.4 Å². The zero-order chi connectivity index (χ0) is 15.4. The highest BCUT2D eigenvalue weighted by Gasteiger charge is 2.16. The molecule has 110 valence electrons. The zero-order valence-corrected chi connectivity index (χ0v) is 13.4. The van der Waals surface area contributed by atoms with E-state index < -0.39 is 0 Å². The Hall–Kier alpha value is -2.65. The molecule has 0 unspecified atom stereocenters. The first-order chi connectivity index (χ1) is 11.3. The van der Waals surface area contributed by atoms with Crippen LogP contribution in [0.25, 0.3) is 43.3 Å². The molecule has 5 rings (SSSR count). The molecule has 5 aromatic rings. The zero-order valence-electron chi connectivity index (χ0n) is 12.5. The van der Waals surface area contributed by atoms with E-state index in [0.717, 1.165) is 32.5 Å². The minimum absolute atomic E-state index is 0.933. The average molecular weight is 315 g/mol. The van der Waals surface area contributed by atoms with E-state index in [1.807, 2.05) is 11.6 Å². The topological polar surface area (TPSA) is 26.0 Å². The molecule has 23 heavy (non-hydrogen) atoms. The van der Waals surface area contributed by atoms with Gasteiger partial charge in [-0.3, -0.25) is 0 Å². The number of hydrogen-bond acceptors (Lipinski definition) is 3. The van der Waals surface area contributed by atoms with Crippen molar-refractivity contribution in [2.75, 3.05) is 0 Å². The van der Waals surface area contributed by atoms with Crippen molar-refractivity contribution in [3.8, 4) is 10.6 Å². The number of aromatic nitrogens is 1. The van der Waals surface area contributed by atoms with E-state index in [1.165, 1.54) is 16.3 Å². The summed E-state index contributed by atoms with van der Waals surface area (Å²) in [6.45, 7) is 2.11. The lowest BCUT2D eigenvalue weighted by Gasteiger charge is -2.02. The first-order valence-corrected chi connectivity index (χ1v) is 8.44. The molecule has 0 radical (unpaired) electrons. The molecule has 0 fully saturated rings. The standard InChI is InChI=1S/C20H13NOS/c1-12-6-7-15-16-10-13-4-2-3-5-14(13)11-17(16)22-19(15)18(12)20-21-8-9-23-20/h2-11H,1H3. The fraction of sp³-hybridized carbons (Fsp3) is 0.0500. The third-order valence-corrected chi connectivity index (χ3v) is 5.15. The highest BCUT2D eigenvalue weighted by atomic mass is 32.1. The van der Waals surface area contributed by atoms with Crippen molar-refractivity contribution in [3.05, 3.63) is 65.7 Å². The maximum atomic E-state index is 6.26. The highest BCUT2D eigenvalue weighted by Crippen LogP contribution is 2.39. The van der Waals surface area contributed by atoms with Gasteiger partial charge in [-0.15, -0.1) is 11.3 Å². The molecule has 0 aliphatic rings. The summed E-state index contributed by atoms with van der Waals surface area (Å²) in [7, 11) is 0. The Bertz CT molecular complexity index is 1170. The van der Waals surface area contributed by atoms with Crippen molar-refractivity contribution < 1.29 is 4.42 Å². The fourth-order valence-corrected chi connectivity index (χ4v) is 3.98. The molecule has 2 nitrogen and oxygen atoms in total. The molecule has 0 spiro atoms. The Kier molecular flexibility index (Phi) is 2.61. The van der Waals surface area contributed by atoms with Crippen molar-refractivity contribution in [1.82, 2.24) is 4.98 Å². The summed E-state index contributed by atoms with van der Waals surface area (Å²) in [4.78, 5) is 4.48. The molecule has 0 amide bonds. The third kappa shape index (κ3) is 1.83. The van der Waals surface area contributed by atoms with Crippen LogP contribution < -0.4 is 0 Å². The number of rotatable bonds is 1. The van der Waals surface area contributed by atoms with Gasteiger partial charge in [0.15, 0.2) is 0 Å². The number of nitrogens with zero attached hydrogens (tertiary/aromatic N) is 1. The summed E-state index contributed by atoms with van der Waals surface area (Å²) in [6, 6.07) is 17.1. The van der Waals surface area contributed by atoms with Crippen molar-refractivity contribution in [2.24, 2.45) is 0 Å². The van der Waals surface area contributed by atoms with Crippen LogP contribution in [0.4, 0.5) is 0 Å². The maximum Gasteiger partial charge on any atom is 0.145 e. The summed E-state index contributed by atoms with van der Waals surface area (Å²) >= 11 is 1.65. The summed E-state index contributed by atoms with van der Waals surface area (Å²) < 4.78 is 6.26. The lowest BCUT2D eigenvalue weighted by molar-refractivity contribution is 0.670. The number of hydrogen-bond donors (Lipinski definition) is 0. The SMILES string of the molecule is Cc1ccc2c(oc3cc4ccccc4cc32)c1-c1nccs1. The van der Waals surface area contributed by atoms with Crippen LogP contribution in [0.1, 0.15) is 5.56 Å². The number of benzene rings is 3. The quantitative estimate of drug-likeness (QED) is 0.369. The molecule has 0 N–H and O–H groups in total. The number of aryl methyl sites for hydroxylation is 1. The molecule has 0 bridgehead atoms. The second kappa shape index (κ2) is 4.67. The maximum absolute atomic E-state index is 6.26. The molecule has 0 aliphatic heterocycles. The largest absolute Gasteiger partial charge is 0.455 e. The smallest absolute Gasteiger partial charge is 0.145 e. The summed E-state index contributed by atoms with van der Waals surface area (Å²) in [5, 5.41) is 7.77. The van der Waals surface area contributed by atoms with Crippen LogP contribution in [-0.2, 0) is 0 Å². The van der Waals surface area contributed by atoms with Gasteiger partial charge in [0.05, 0.1) is 5.56 Å². The minimum Gasteiger partial charge on any atom is -0.455 e. The lowest BCUT2D eigenvalue weighted by atomic mass is 10.0. The monoisotopic (exact) mass is 315 g/mol. The number of furan rings is 1. The predicted molar refractivity (Wildman–Crippen MR) is 97.1 cm³/mol. The van der Waals surface area contributed by atoms with E-state index in [-0.39, 0.29) is 0 Å². The van der Waals surface area contributed by atoms with Crippen LogP contribution in [0.3, 0.4) is 0 Å². The number of thiazole rings is 1. The lowest BCUT2D eigenvalue weighted by Crippen LogP contribution is -1.82. The molecule has 3 heteroatoms. The van der Waals surface area contributed by atoms with E-state index in [0.29, 0.717) is 0 Å². The van der Waals surface area contributed by atoms with Crippen LogP contribution in [0.5, 0.6) is 0 Å². The van der Waals surface area contributed by atoms with Crippen LogP contribution in [0, 0.1) is 6.92 Å². The van der Waals surface area contributed by atoms with Gasteiger partial charge >= 0.3 is 0 Å². The highest BCUT2D eigenvalue weighted by molar-refractivity contribution is 7.13. The van der Waals surface area contributed by atoms with Crippen LogP contribution in [-0.4, -0.2) is 4.98 Å². The van der Waals surface area contributed by atoms with Crippen molar-refractivity contribution >= 4 is 44.0 Å². The van der Waals surface area contributed by atoms with Gasteiger partial charge in [-0.25, -0.2) is 4.98 Å². The molecule has 0 saturated carbocycles. The summed E-state index contributed by atoms with van der Waals surface area (Å²) in [5.74, 6) is 0. The van der Waals surface area contributed by atoms with E-state index >= 15 is 0 Å². The van der Waals surface area contributed by atoms with Crippen molar-refractivity contribution in [2.45, 2.75) is 6.92 Å². The van der Waals surface area contributed by atoms with Gasteiger partial charge in [0.1, 0.15) is 16.2 Å². The Morgan fingerprint density at radius 3 is 2.57 bits per heavy atom. The van der Waals surface area contributed by atoms with E-state index in [1.54, 1.807) is 11.3 Å². The van der Waals surface area contributed by atoms with Gasteiger partial charge in [0.2, 0.25) is 0 Å². The molecule has 0 atom stereocenters. The molecular weight excluding hydrogens is 302 g/mol. The molecule has 0 saturated heterocycles. The Balaban J connectivity index is 1.96. The van der Waals surface area contributed by atoms with Crippen LogP contribution in [0.2, 0.25) is 0 Å². The van der Waals surface area contributed by atoms with Gasteiger partial charge in [0.25, 0.3) is 0 Å². The second-order valence-electron chi connectivity index (χ2n) is 5.77. The van der Waals surface area contributed by atoms with Crippen LogP contribution >= 0.6 is 11.3 Å². The Morgan fingerprint density at radius 1 is 0.957 bits per heavy atom. The first kappa shape index (κ1) is 12.9. The van der Waals surface area contributed by atoms with Crippen molar-refractivity contribution in [1.29, 1.82) is 0 Å². The molecule has 0 aliphatic carbocycles. The van der Waals surface area contributed by atoms with Gasteiger partial charge in [-0.2, -0.15) is 0 Å². The Morgan fingerprint density at radius 2 is 1.78 bits per heavy atom. The fourth-order valence-electron chi connectivity index (χ4n) is 3.24. The number of fused-ring (bicyclic) bond motifs is 4. The minimum atomic E-state index is 0.933. The first-order valence-electron chi connectivity index (χ1n) is 7.56. The second-order valence-corrected chi connectivity index (χ2v) is 6.66. The van der Waals surface area contributed by atoms with Gasteiger partial charge in [-0.05, 0) is 35.4 Å². The average Bonchev–Trinajstić information content (AvgIpc) is 3.20. The van der Waals surface area contributed by atoms with Gasteiger partial charge < -0.3 is 4.42 Å². The summed E-state index contributed by atoms with van der Waals surface area (Å²) in [6.07, 6.45) is 1.84. The third-order valence-electron chi connectivity index (χ3n) is 4.36. The van der Waals surface area contributed by atoms with Crippen LogP contribution in [0.15, 0.2) is 64.5 Å². The van der Waals surface area contributed by atoms with Crippen molar-refractivity contribution in [3.63, 3.8) is 0 Å². The normalized spacial score (nSPS) is 11.7. The van der Waals surface area contributed by atoms with Gasteiger partial charge in [-0.1, -0.05) is 36.4 Å². The molecule has 3 aromatic carbocycles. The molecule has 2 heterocycles. The predicted octanol–water partition coefficient (Wildman–Crippen LogP) is 6.17. The Labute approximate surface area is 137 Å². The summed E-state index contributed by atoms with van der Waals surface area (Å²) in [5.41, 5.74) is 4.17.